The van der Waals surface area contributed by atoms with Gasteiger partial charge in [0.05, 0.1) is 0 Å². The minimum atomic E-state index is -1.70. The Labute approximate surface area is 106 Å². The third kappa shape index (κ3) is 2.47. The summed E-state index contributed by atoms with van der Waals surface area (Å²) in [6.07, 6.45) is 5.44. The van der Waals surface area contributed by atoms with Crippen molar-refractivity contribution in [2.45, 2.75) is 45.3 Å². The van der Waals surface area contributed by atoms with E-state index in [1.54, 1.807) is 0 Å². The molecule has 1 aliphatic carbocycles. The molecule has 92 valence electrons. The average molecular weight is 246 g/mol. The molecule has 0 aliphatic heterocycles. The molecule has 2 heteroatoms. The van der Waals surface area contributed by atoms with Gasteiger partial charge in [0.25, 0.3) is 0 Å². The summed E-state index contributed by atoms with van der Waals surface area (Å²) < 4.78 is 6.30. The van der Waals surface area contributed by atoms with Crippen molar-refractivity contribution in [3.05, 3.63) is 35.4 Å². The fourth-order valence-corrected chi connectivity index (χ4v) is 2.77. The number of hydrogen-bond donors (Lipinski definition) is 0. The molecule has 0 spiro atoms. The Hall–Kier alpha value is -1.02. The smallest absolute Gasteiger partial charge is 0.250 e. The highest BCUT2D eigenvalue weighted by molar-refractivity contribution is 6.74. The van der Waals surface area contributed by atoms with E-state index in [9.17, 15) is 0 Å². The molecule has 1 aliphatic rings. The van der Waals surface area contributed by atoms with Crippen molar-refractivity contribution in [2.24, 2.45) is 0 Å². The third-order valence-electron chi connectivity index (χ3n) is 3.93. The van der Waals surface area contributed by atoms with Crippen LogP contribution in [0.2, 0.25) is 18.1 Å². The van der Waals surface area contributed by atoms with Gasteiger partial charge in [-0.3, -0.25) is 0 Å². The Morgan fingerprint density at radius 2 is 1.88 bits per heavy atom. The lowest BCUT2D eigenvalue weighted by Crippen LogP contribution is -2.43. The molecule has 0 heterocycles. The molecule has 0 N–H and O–H groups in total. The molecule has 0 fully saturated rings. The summed E-state index contributed by atoms with van der Waals surface area (Å²) in [5.74, 6) is 1.04. The molecule has 17 heavy (non-hydrogen) atoms. The van der Waals surface area contributed by atoms with E-state index in [4.69, 9.17) is 4.43 Å². The highest BCUT2D eigenvalue weighted by Crippen LogP contribution is 2.38. The van der Waals surface area contributed by atoms with Gasteiger partial charge in [0, 0.05) is 0 Å². The molecule has 0 unspecified atom stereocenters. The van der Waals surface area contributed by atoms with Crippen LogP contribution in [0.5, 0.6) is 5.75 Å². The average Bonchev–Trinajstić information content (AvgIpc) is 2.62. The van der Waals surface area contributed by atoms with Crippen LogP contribution in [0.4, 0.5) is 0 Å². The fourth-order valence-electron chi connectivity index (χ4n) is 1.75. The first-order chi connectivity index (χ1) is 7.79. The van der Waals surface area contributed by atoms with E-state index >= 15 is 0 Å². The standard InChI is InChI=1S/C15H22OSi/c1-15(2,3)17(4,5)16-14-10-9-12-7-6-8-13(12)11-14/h6-7,9-11H,8H2,1-5H3. The van der Waals surface area contributed by atoms with Crippen LogP contribution in [0.3, 0.4) is 0 Å². The highest BCUT2D eigenvalue weighted by atomic mass is 28.4. The first-order valence-electron chi connectivity index (χ1n) is 6.28. The molecule has 1 aromatic rings. The van der Waals surface area contributed by atoms with Crippen molar-refractivity contribution in [3.63, 3.8) is 0 Å². The zero-order chi connectivity index (χ0) is 12.7. The lowest BCUT2D eigenvalue weighted by atomic mass is 10.1. The molecule has 0 atom stereocenters. The Kier molecular flexibility index (Phi) is 2.94. The van der Waals surface area contributed by atoms with Crippen molar-refractivity contribution in [3.8, 4) is 5.75 Å². The van der Waals surface area contributed by atoms with Gasteiger partial charge in [0.15, 0.2) is 0 Å². The maximum Gasteiger partial charge on any atom is 0.250 e. The zero-order valence-corrected chi connectivity index (χ0v) is 12.5. The molecule has 0 bridgehead atoms. The fraction of sp³-hybridized carbons (Fsp3) is 0.467. The van der Waals surface area contributed by atoms with Gasteiger partial charge < -0.3 is 4.43 Å². The van der Waals surface area contributed by atoms with Crippen LogP contribution in [0, 0.1) is 0 Å². The maximum absolute atomic E-state index is 6.30. The topological polar surface area (TPSA) is 9.23 Å². The summed E-state index contributed by atoms with van der Waals surface area (Å²) in [6.45, 7) is 11.4. The van der Waals surface area contributed by atoms with Gasteiger partial charge in [-0.15, -0.1) is 0 Å². The first-order valence-corrected chi connectivity index (χ1v) is 9.19. The normalized spacial score (nSPS) is 14.9. The van der Waals surface area contributed by atoms with E-state index in [1.807, 2.05) is 0 Å². The van der Waals surface area contributed by atoms with E-state index in [1.165, 1.54) is 11.1 Å². The summed E-state index contributed by atoms with van der Waals surface area (Å²) >= 11 is 0. The van der Waals surface area contributed by atoms with Crippen LogP contribution in [-0.2, 0) is 6.42 Å². The largest absolute Gasteiger partial charge is 0.543 e. The number of benzene rings is 1. The van der Waals surface area contributed by atoms with Crippen molar-refractivity contribution < 1.29 is 4.43 Å². The van der Waals surface area contributed by atoms with E-state index in [0.29, 0.717) is 0 Å². The molecule has 1 aromatic carbocycles. The molecule has 0 saturated heterocycles. The Bertz CT molecular complexity index is 452. The lowest BCUT2D eigenvalue weighted by molar-refractivity contribution is 0.492. The number of allylic oxidation sites excluding steroid dienone is 1. The van der Waals surface area contributed by atoms with Gasteiger partial charge in [-0.1, -0.05) is 39.0 Å². The second-order valence-corrected chi connectivity index (χ2v) is 11.1. The lowest BCUT2D eigenvalue weighted by Gasteiger charge is -2.36. The van der Waals surface area contributed by atoms with Gasteiger partial charge in [-0.05, 0) is 47.8 Å². The van der Waals surface area contributed by atoms with Gasteiger partial charge in [0.1, 0.15) is 5.75 Å². The van der Waals surface area contributed by atoms with Gasteiger partial charge in [-0.2, -0.15) is 0 Å². The summed E-state index contributed by atoms with van der Waals surface area (Å²) in [4.78, 5) is 0. The van der Waals surface area contributed by atoms with Crippen LogP contribution in [0.1, 0.15) is 31.9 Å². The van der Waals surface area contributed by atoms with Crippen LogP contribution >= 0.6 is 0 Å². The second kappa shape index (κ2) is 4.02. The SMILES string of the molecule is CC(C)(C)[Si](C)(C)Oc1ccc2c(c1)CC=C2. The molecule has 1 nitrogen and oxygen atoms in total. The summed E-state index contributed by atoms with van der Waals surface area (Å²) in [7, 11) is -1.70. The Balaban J connectivity index is 2.21. The van der Waals surface area contributed by atoms with Crippen molar-refractivity contribution in [2.75, 3.05) is 0 Å². The minimum absolute atomic E-state index is 0.254. The van der Waals surface area contributed by atoms with Crippen LogP contribution in [0.25, 0.3) is 6.08 Å². The maximum atomic E-state index is 6.30. The first kappa shape index (κ1) is 12.4. The summed E-state index contributed by atoms with van der Waals surface area (Å²) in [5, 5.41) is 0.254. The van der Waals surface area contributed by atoms with Crippen molar-refractivity contribution in [1.29, 1.82) is 0 Å². The van der Waals surface area contributed by atoms with E-state index < -0.39 is 8.32 Å². The number of hydrogen-bond acceptors (Lipinski definition) is 1. The molecule has 0 radical (unpaired) electrons. The predicted octanol–water partition coefficient (Wildman–Crippen LogP) is 4.64. The molecule has 0 aromatic heterocycles. The molecular weight excluding hydrogens is 224 g/mol. The zero-order valence-electron chi connectivity index (χ0n) is 11.5. The van der Waals surface area contributed by atoms with Crippen LogP contribution < -0.4 is 4.43 Å². The molecule has 2 rings (SSSR count). The van der Waals surface area contributed by atoms with Crippen LogP contribution in [-0.4, -0.2) is 8.32 Å². The van der Waals surface area contributed by atoms with Gasteiger partial charge >= 0.3 is 0 Å². The van der Waals surface area contributed by atoms with Gasteiger partial charge in [-0.25, -0.2) is 0 Å². The summed E-state index contributed by atoms with van der Waals surface area (Å²) in [6, 6.07) is 6.48. The number of rotatable bonds is 2. The third-order valence-corrected chi connectivity index (χ3v) is 8.29. The second-order valence-electron chi connectivity index (χ2n) is 6.33. The van der Waals surface area contributed by atoms with Crippen LogP contribution in [0.15, 0.2) is 24.3 Å². The number of fused-ring (bicyclic) bond motifs is 1. The minimum Gasteiger partial charge on any atom is -0.543 e. The van der Waals surface area contributed by atoms with E-state index in [2.05, 4.69) is 64.2 Å². The van der Waals surface area contributed by atoms with Crippen molar-refractivity contribution in [1.82, 2.24) is 0 Å². The Morgan fingerprint density at radius 3 is 2.53 bits per heavy atom. The molecule has 0 saturated carbocycles. The van der Waals surface area contributed by atoms with Gasteiger partial charge in [0.2, 0.25) is 8.32 Å². The monoisotopic (exact) mass is 246 g/mol. The quantitative estimate of drug-likeness (QED) is 0.691. The Morgan fingerprint density at radius 1 is 1.18 bits per heavy atom. The molecular formula is C15H22OSi. The van der Waals surface area contributed by atoms with Crippen molar-refractivity contribution >= 4 is 14.4 Å². The molecule has 0 amide bonds. The highest BCUT2D eigenvalue weighted by Gasteiger charge is 2.39. The summed E-state index contributed by atoms with van der Waals surface area (Å²) in [5.41, 5.74) is 2.73. The van der Waals surface area contributed by atoms with E-state index in [-0.39, 0.29) is 5.04 Å². The predicted molar refractivity (Wildman–Crippen MR) is 77.0 cm³/mol. The van der Waals surface area contributed by atoms with E-state index in [0.717, 1.165) is 12.2 Å².